The lowest BCUT2D eigenvalue weighted by Crippen LogP contribution is -2.28. The fourth-order valence-corrected chi connectivity index (χ4v) is 4.06. The average Bonchev–Trinajstić information content (AvgIpc) is 3.00. The van der Waals surface area contributed by atoms with Gasteiger partial charge in [-0.2, -0.15) is 0 Å². The first-order valence-corrected chi connectivity index (χ1v) is 8.82. The summed E-state index contributed by atoms with van der Waals surface area (Å²) in [6.45, 7) is 2.17. The van der Waals surface area contributed by atoms with Crippen LogP contribution in [0.2, 0.25) is 0 Å². The second-order valence-corrected chi connectivity index (χ2v) is 6.85. The van der Waals surface area contributed by atoms with E-state index in [0.29, 0.717) is 22.1 Å². The molecule has 1 fully saturated rings. The van der Waals surface area contributed by atoms with Gasteiger partial charge in [-0.05, 0) is 61.3 Å². The molecular weight excluding hydrogens is 320 g/mol. The molecule has 4 rings (SSSR count). The fraction of sp³-hybridized carbons (Fsp3) is 0.389. The Kier molecular flexibility index (Phi) is 5.06. The molecule has 3 aromatic heterocycles. The van der Waals surface area contributed by atoms with E-state index in [9.17, 15) is 4.79 Å². The van der Waals surface area contributed by atoms with E-state index in [-0.39, 0.29) is 13.0 Å². The van der Waals surface area contributed by atoms with Gasteiger partial charge in [-0.15, -0.1) is 11.3 Å². The van der Waals surface area contributed by atoms with Crippen molar-refractivity contribution in [2.24, 2.45) is 5.92 Å². The van der Waals surface area contributed by atoms with Gasteiger partial charge < -0.3 is 10.3 Å². The lowest BCUT2D eigenvalue weighted by atomic mass is 9.92. The zero-order chi connectivity index (χ0) is 15.6. The monoisotopic (exact) mass is 342 g/mol. The number of pyridine rings is 1. The van der Waals surface area contributed by atoms with E-state index in [1.807, 2.05) is 18.2 Å². The molecule has 4 heterocycles. The highest BCUT2D eigenvalue weighted by atomic mass is 32.1. The normalized spacial score (nSPS) is 15.3. The number of thiophene rings is 1. The van der Waals surface area contributed by atoms with E-state index < -0.39 is 0 Å². The van der Waals surface area contributed by atoms with Crippen molar-refractivity contribution in [2.75, 3.05) is 13.1 Å². The van der Waals surface area contributed by atoms with Gasteiger partial charge in [-0.25, -0.2) is 4.98 Å². The maximum absolute atomic E-state index is 12.4. The van der Waals surface area contributed by atoms with Crippen molar-refractivity contribution in [1.82, 2.24) is 20.3 Å². The number of rotatable bonds is 3. The maximum Gasteiger partial charge on any atom is 0.269 e. The second kappa shape index (κ2) is 7.23. The summed E-state index contributed by atoms with van der Waals surface area (Å²) >= 11 is 1.49. The summed E-state index contributed by atoms with van der Waals surface area (Å²) in [7, 11) is 0. The minimum Gasteiger partial charge on any atom is -0.317 e. The highest BCUT2D eigenvalue weighted by Gasteiger charge is 2.18. The van der Waals surface area contributed by atoms with Crippen LogP contribution in [-0.4, -0.2) is 28.0 Å². The molecule has 0 saturated carbocycles. The van der Waals surface area contributed by atoms with E-state index in [4.69, 9.17) is 4.98 Å². The topological polar surface area (TPSA) is 70.7 Å². The van der Waals surface area contributed by atoms with E-state index in [1.54, 1.807) is 6.20 Å². The average molecular weight is 342 g/mol. The van der Waals surface area contributed by atoms with E-state index in [1.165, 1.54) is 29.7 Å². The molecule has 1 aliphatic rings. The van der Waals surface area contributed by atoms with Crippen LogP contribution in [0.3, 0.4) is 0 Å². The highest BCUT2D eigenvalue weighted by Crippen LogP contribution is 2.27. The third-order valence-electron chi connectivity index (χ3n) is 4.37. The van der Waals surface area contributed by atoms with Crippen LogP contribution in [0.15, 0.2) is 34.6 Å². The molecule has 0 unspecified atom stereocenters. The van der Waals surface area contributed by atoms with Gasteiger partial charge in [-0.1, -0.05) is 13.5 Å². The Labute approximate surface area is 145 Å². The van der Waals surface area contributed by atoms with Gasteiger partial charge in [0.25, 0.3) is 5.56 Å². The van der Waals surface area contributed by atoms with Crippen molar-refractivity contribution < 1.29 is 0 Å². The van der Waals surface area contributed by atoms with Crippen molar-refractivity contribution in [2.45, 2.75) is 26.7 Å². The van der Waals surface area contributed by atoms with Gasteiger partial charge in [0.15, 0.2) is 5.82 Å². The van der Waals surface area contributed by atoms with Crippen LogP contribution in [0.4, 0.5) is 0 Å². The van der Waals surface area contributed by atoms with Gasteiger partial charge >= 0.3 is 0 Å². The van der Waals surface area contributed by atoms with Crippen LogP contribution in [0.1, 0.15) is 25.8 Å². The first-order valence-electron chi connectivity index (χ1n) is 7.94. The number of aromatic nitrogens is 3. The molecule has 1 saturated heterocycles. The number of H-pyrrole nitrogens is 1. The number of nitrogens with one attached hydrogen (secondary N) is 2. The van der Waals surface area contributed by atoms with Crippen molar-refractivity contribution >= 4 is 21.6 Å². The molecule has 0 aromatic carbocycles. The number of piperidine rings is 1. The van der Waals surface area contributed by atoms with Crippen molar-refractivity contribution in [3.05, 3.63) is 45.7 Å². The third-order valence-corrected chi connectivity index (χ3v) is 5.39. The van der Waals surface area contributed by atoms with Crippen LogP contribution in [-0.2, 0) is 6.42 Å². The Bertz CT molecular complexity index is 866. The van der Waals surface area contributed by atoms with Gasteiger partial charge in [-0.3, -0.25) is 9.78 Å². The molecule has 0 bridgehead atoms. The molecule has 2 N–H and O–H groups in total. The summed E-state index contributed by atoms with van der Waals surface area (Å²) in [4.78, 5) is 24.2. The molecule has 1 aliphatic heterocycles. The van der Waals surface area contributed by atoms with E-state index in [0.717, 1.165) is 25.0 Å². The Morgan fingerprint density at radius 2 is 2.08 bits per heavy atom. The number of aromatic amines is 1. The number of fused-ring (bicyclic) bond motifs is 1. The lowest BCUT2D eigenvalue weighted by Gasteiger charge is -2.22. The third kappa shape index (κ3) is 3.25. The molecule has 0 atom stereocenters. The zero-order valence-corrected chi connectivity index (χ0v) is 13.5. The van der Waals surface area contributed by atoms with E-state index in [2.05, 4.69) is 20.7 Å². The quantitative estimate of drug-likeness (QED) is 0.767. The SMILES string of the molecule is C.O=c1[nH]c(-c2ccccn2)nc2c(CC3CCNCC3)csc12. The minimum absolute atomic E-state index is 0. The van der Waals surface area contributed by atoms with Crippen LogP contribution in [0, 0.1) is 5.92 Å². The molecule has 126 valence electrons. The van der Waals surface area contributed by atoms with Crippen LogP contribution in [0.5, 0.6) is 0 Å². The zero-order valence-electron chi connectivity index (χ0n) is 12.7. The smallest absolute Gasteiger partial charge is 0.269 e. The summed E-state index contributed by atoms with van der Waals surface area (Å²) in [5, 5.41) is 5.49. The Morgan fingerprint density at radius 1 is 1.25 bits per heavy atom. The van der Waals surface area contributed by atoms with E-state index >= 15 is 0 Å². The fourth-order valence-electron chi connectivity index (χ4n) is 3.14. The molecule has 5 nitrogen and oxygen atoms in total. The molecular formula is C18H22N4OS. The Morgan fingerprint density at radius 3 is 2.83 bits per heavy atom. The molecule has 24 heavy (non-hydrogen) atoms. The van der Waals surface area contributed by atoms with Gasteiger partial charge in [0.05, 0.1) is 5.52 Å². The molecule has 0 spiro atoms. The predicted octanol–water partition coefficient (Wildman–Crippen LogP) is 3.22. The number of nitrogens with zero attached hydrogens (tertiary/aromatic N) is 2. The predicted molar refractivity (Wildman–Crippen MR) is 99.5 cm³/mol. The summed E-state index contributed by atoms with van der Waals surface area (Å²) < 4.78 is 0.716. The molecule has 3 aromatic rings. The van der Waals surface area contributed by atoms with Crippen LogP contribution >= 0.6 is 11.3 Å². The van der Waals surface area contributed by atoms with Crippen LogP contribution < -0.4 is 10.9 Å². The molecule has 0 amide bonds. The second-order valence-electron chi connectivity index (χ2n) is 5.97. The molecule has 0 radical (unpaired) electrons. The molecule has 0 aliphatic carbocycles. The summed E-state index contributed by atoms with van der Waals surface area (Å²) in [5.41, 5.74) is 2.67. The molecule has 6 heteroatoms. The maximum atomic E-state index is 12.4. The van der Waals surface area contributed by atoms with Gasteiger partial charge in [0.2, 0.25) is 0 Å². The summed E-state index contributed by atoms with van der Waals surface area (Å²) in [6, 6.07) is 5.62. The van der Waals surface area contributed by atoms with Crippen molar-refractivity contribution in [3.63, 3.8) is 0 Å². The number of hydrogen-bond donors (Lipinski definition) is 2. The first-order chi connectivity index (χ1) is 11.3. The van der Waals surface area contributed by atoms with Gasteiger partial charge in [0.1, 0.15) is 10.4 Å². The standard InChI is InChI=1S/C17H18N4OS.CH4/c22-17-15-14(20-16(21-17)13-3-1-2-6-19-13)12(10-23-15)9-11-4-7-18-8-5-11;/h1-3,6,10-11,18H,4-5,7-9H2,(H,20,21,22);1H4. The number of hydrogen-bond acceptors (Lipinski definition) is 5. The van der Waals surface area contributed by atoms with Crippen molar-refractivity contribution in [1.29, 1.82) is 0 Å². The summed E-state index contributed by atoms with van der Waals surface area (Å²) in [5.74, 6) is 1.22. The Balaban J connectivity index is 0.00000169. The highest BCUT2D eigenvalue weighted by molar-refractivity contribution is 7.17. The Hall–Kier alpha value is -2.05. The summed E-state index contributed by atoms with van der Waals surface area (Å²) in [6.07, 6.45) is 5.09. The first kappa shape index (κ1) is 16.8. The largest absolute Gasteiger partial charge is 0.317 e. The van der Waals surface area contributed by atoms with Crippen LogP contribution in [0.25, 0.3) is 21.7 Å². The van der Waals surface area contributed by atoms with Gasteiger partial charge in [0, 0.05) is 6.20 Å². The minimum atomic E-state index is -0.0720. The lowest BCUT2D eigenvalue weighted by molar-refractivity contribution is 0.373. The van der Waals surface area contributed by atoms with Crippen molar-refractivity contribution in [3.8, 4) is 11.5 Å².